The van der Waals surface area contributed by atoms with Gasteiger partial charge in [0.2, 0.25) is 0 Å². The highest BCUT2D eigenvalue weighted by Gasteiger charge is 2.05. The van der Waals surface area contributed by atoms with Crippen molar-refractivity contribution >= 4 is 23.5 Å². The minimum absolute atomic E-state index is 0.884. The summed E-state index contributed by atoms with van der Waals surface area (Å²) in [5, 5.41) is 17.8. The molecule has 0 aliphatic rings. The lowest BCUT2D eigenvalue weighted by atomic mass is 10.2. The highest BCUT2D eigenvalue weighted by atomic mass is 32.2. The molecule has 6 nitrogen and oxygen atoms in total. The SMILES string of the molecule is Cn1cnnc1SCc1cccc(CSc2nncn2C)c1. The van der Waals surface area contributed by atoms with Crippen molar-refractivity contribution in [2.45, 2.75) is 21.8 Å². The van der Waals surface area contributed by atoms with Crippen LogP contribution in [-0.4, -0.2) is 29.5 Å². The molecule has 0 bridgehead atoms. The van der Waals surface area contributed by atoms with Gasteiger partial charge in [0, 0.05) is 25.6 Å². The fourth-order valence-corrected chi connectivity index (χ4v) is 3.57. The van der Waals surface area contributed by atoms with Crippen LogP contribution in [0, 0.1) is 0 Å². The van der Waals surface area contributed by atoms with Gasteiger partial charge in [0.1, 0.15) is 12.7 Å². The molecule has 0 unspecified atom stereocenters. The molecular weight excluding hydrogens is 316 g/mol. The second kappa shape index (κ2) is 6.97. The van der Waals surface area contributed by atoms with Gasteiger partial charge in [-0.15, -0.1) is 20.4 Å². The Labute approximate surface area is 137 Å². The first kappa shape index (κ1) is 15.1. The van der Waals surface area contributed by atoms with E-state index in [4.69, 9.17) is 0 Å². The number of rotatable bonds is 6. The lowest BCUT2D eigenvalue weighted by molar-refractivity contribution is 0.788. The average Bonchev–Trinajstić information content (AvgIpc) is 3.12. The first-order valence-corrected chi connectivity index (χ1v) is 8.71. The van der Waals surface area contributed by atoms with Crippen LogP contribution in [0.5, 0.6) is 0 Å². The Morgan fingerprint density at radius 1 is 0.864 bits per heavy atom. The minimum atomic E-state index is 0.884. The maximum atomic E-state index is 4.09. The third kappa shape index (κ3) is 3.69. The first-order chi connectivity index (χ1) is 10.7. The molecule has 0 spiro atoms. The van der Waals surface area contributed by atoms with Crippen molar-refractivity contribution in [3.05, 3.63) is 48.0 Å². The number of benzene rings is 1. The van der Waals surface area contributed by atoms with Gasteiger partial charge < -0.3 is 9.13 Å². The largest absolute Gasteiger partial charge is 0.312 e. The summed E-state index contributed by atoms with van der Waals surface area (Å²) in [4.78, 5) is 0. The molecule has 0 fully saturated rings. The minimum Gasteiger partial charge on any atom is -0.312 e. The number of hydrogen-bond acceptors (Lipinski definition) is 6. The van der Waals surface area contributed by atoms with E-state index in [2.05, 4.69) is 44.7 Å². The van der Waals surface area contributed by atoms with Gasteiger partial charge >= 0.3 is 0 Å². The molecular formula is C14H16N6S2. The number of aromatic nitrogens is 6. The highest BCUT2D eigenvalue weighted by molar-refractivity contribution is 7.98. The third-order valence-electron chi connectivity index (χ3n) is 3.07. The Bertz CT molecular complexity index is 692. The second-order valence-electron chi connectivity index (χ2n) is 4.85. The molecule has 22 heavy (non-hydrogen) atoms. The normalized spacial score (nSPS) is 11.0. The zero-order chi connectivity index (χ0) is 15.4. The molecule has 0 atom stereocenters. The maximum Gasteiger partial charge on any atom is 0.191 e. The molecule has 3 rings (SSSR count). The summed E-state index contributed by atoms with van der Waals surface area (Å²) < 4.78 is 3.86. The summed E-state index contributed by atoms with van der Waals surface area (Å²) in [7, 11) is 3.91. The van der Waals surface area contributed by atoms with E-state index in [1.807, 2.05) is 23.2 Å². The lowest BCUT2D eigenvalue weighted by Gasteiger charge is -2.05. The van der Waals surface area contributed by atoms with Crippen molar-refractivity contribution in [3.63, 3.8) is 0 Å². The lowest BCUT2D eigenvalue weighted by Crippen LogP contribution is -1.92. The van der Waals surface area contributed by atoms with Gasteiger partial charge in [-0.2, -0.15) is 0 Å². The Kier molecular flexibility index (Phi) is 4.79. The summed E-state index contributed by atoms with van der Waals surface area (Å²) in [6.07, 6.45) is 3.44. The Morgan fingerprint density at radius 2 is 1.36 bits per heavy atom. The van der Waals surface area contributed by atoms with Crippen molar-refractivity contribution in [3.8, 4) is 0 Å². The van der Waals surface area contributed by atoms with Gasteiger partial charge in [-0.3, -0.25) is 0 Å². The Hall–Kier alpha value is -1.80. The number of aryl methyl sites for hydroxylation is 2. The van der Waals surface area contributed by atoms with Gasteiger partial charge in [-0.05, 0) is 11.1 Å². The maximum absolute atomic E-state index is 4.09. The predicted octanol–water partition coefficient (Wildman–Crippen LogP) is 2.53. The number of nitrogens with zero attached hydrogens (tertiary/aromatic N) is 6. The van der Waals surface area contributed by atoms with E-state index in [9.17, 15) is 0 Å². The molecule has 0 aliphatic heterocycles. The van der Waals surface area contributed by atoms with E-state index in [1.165, 1.54) is 11.1 Å². The molecule has 1 aromatic carbocycles. The van der Waals surface area contributed by atoms with Crippen LogP contribution in [0.25, 0.3) is 0 Å². The third-order valence-corrected chi connectivity index (χ3v) is 5.28. The Morgan fingerprint density at radius 3 is 1.77 bits per heavy atom. The van der Waals surface area contributed by atoms with E-state index in [0.717, 1.165) is 21.8 Å². The van der Waals surface area contributed by atoms with Crippen molar-refractivity contribution in [1.82, 2.24) is 29.5 Å². The van der Waals surface area contributed by atoms with Crippen LogP contribution in [0.3, 0.4) is 0 Å². The summed E-state index contributed by atoms with van der Waals surface area (Å²) >= 11 is 3.38. The zero-order valence-electron chi connectivity index (χ0n) is 12.4. The van der Waals surface area contributed by atoms with Crippen LogP contribution < -0.4 is 0 Å². The van der Waals surface area contributed by atoms with Crippen molar-refractivity contribution in [1.29, 1.82) is 0 Å². The average molecular weight is 332 g/mol. The summed E-state index contributed by atoms with van der Waals surface area (Å²) in [5.74, 6) is 1.77. The molecule has 0 aliphatic carbocycles. The Balaban J connectivity index is 1.60. The number of hydrogen-bond donors (Lipinski definition) is 0. The molecule has 8 heteroatoms. The van der Waals surface area contributed by atoms with E-state index in [1.54, 1.807) is 36.2 Å². The number of thioether (sulfide) groups is 2. The first-order valence-electron chi connectivity index (χ1n) is 6.74. The van der Waals surface area contributed by atoms with E-state index in [-0.39, 0.29) is 0 Å². The van der Waals surface area contributed by atoms with Crippen LogP contribution >= 0.6 is 23.5 Å². The summed E-state index contributed by atoms with van der Waals surface area (Å²) in [6, 6.07) is 8.60. The van der Waals surface area contributed by atoms with Gasteiger partial charge in [-0.1, -0.05) is 47.8 Å². The van der Waals surface area contributed by atoms with Gasteiger partial charge in [0.15, 0.2) is 10.3 Å². The highest BCUT2D eigenvalue weighted by Crippen LogP contribution is 2.23. The van der Waals surface area contributed by atoms with Gasteiger partial charge in [0.25, 0.3) is 0 Å². The molecule has 0 amide bonds. The molecule has 0 radical (unpaired) electrons. The smallest absolute Gasteiger partial charge is 0.191 e. The fourth-order valence-electron chi connectivity index (χ4n) is 1.91. The van der Waals surface area contributed by atoms with Crippen LogP contribution in [0.15, 0.2) is 47.2 Å². The van der Waals surface area contributed by atoms with E-state index < -0.39 is 0 Å². The second-order valence-corrected chi connectivity index (χ2v) is 6.73. The zero-order valence-corrected chi connectivity index (χ0v) is 14.0. The van der Waals surface area contributed by atoms with Gasteiger partial charge in [0.05, 0.1) is 0 Å². The standard InChI is InChI=1S/C14H16N6S2/c1-19-9-15-17-13(19)21-7-11-4-3-5-12(6-11)8-22-14-18-16-10-20(14)2/h3-6,9-10H,7-8H2,1-2H3. The van der Waals surface area contributed by atoms with Crippen LogP contribution in [0.1, 0.15) is 11.1 Å². The molecule has 114 valence electrons. The quantitative estimate of drug-likeness (QED) is 0.647. The van der Waals surface area contributed by atoms with Crippen molar-refractivity contribution in [2.75, 3.05) is 0 Å². The molecule has 0 saturated heterocycles. The summed E-state index contributed by atoms with van der Waals surface area (Å²) in [5.41, 5.74) is 2.56. The van der Waals surface area contributed by atoms with Gasteiger partial charge in [-0.25, -0.2) is 0 Å². The molecule has 0 saturated carbocycles. The molecule has 2 aromatic heterocycles. The van der Waals surface area contributed by atoms with E-state index in [0.29, 0.717) is 0 Å². The summed E-state index contributed by atoms with van der Waals surface area (Å²) in [6.45, 7) is 0. The monoisotopic (exact) mass is 332 g/mol. The van der Waals surface area contributed by atoms with Crippen LogP contribution in [0.4, 0.5) is 0 Å². The van der Waals surface area contributed by atoms with Crippen LogP contribution in [-0.2, 0) is 25.6 Å². The fraction of sp³-hybridized carbons (Fsp3) is 0.286. The van der Waals surface area contributed by atoms with Crippen molar-refractivity contribution in [2.24, 2.45) is 14.1 Å². The van der Waals surface area contributed by atoms with Crippen LogP contribution in [0.2, 0.25) is 0 Å². The van der Waals surface area contributed by atoms with E-state index >= 15 is 0 Å². The predicted molar refractivity (Wildman–Crippen MR) is 87.6 cm³/mol. The topological polar surface area (TPSA) is 61.4 Å². The molecule has 3 aromatic rings. The van der Waals surface area contributed by atoms with Crippen molar-refractivity contribution < 1.29 is 0 Å². The molecule has 2 heterocycles. The molecule has 0 N–H and O–H groups in total.